The van der Waals surface area contributed by atoms with Gasteiger partial charge < -0.3 is 15.4 Å². The molecule has 0 spiro atoms. The van der Waals surface area contributed by atoms with Gasteiger partial charge >= 0.3 is 0 Å². The number of rotatable bonds is 2. The number of nitrogens with two attached hydrogens (primary N) is 1. The highest BCUT2D eigenvalue weighted by atomic mass is 16.5. The van der Waals surface area contributed by atoms with Gasteiger partial charge in [-0.1, -0.05) is 0 Å². The summed E-state index contributed by atoms with van der Waals surface area (Å²) in [6.07, 6.45) is 5.55. The van der Waals surface area contributed by atoms with Gasteiger partial charge in [-0.15, -0.1) is 12.3 Å². The summed E-state index contributed by atoms with van der Waals surface area (Å²) in [4.78, 5) is 13.6. The lowest BCUT2D eigenvalue weighted by molar-refractivity contribution is -0.144. The van der Waals surface area contributed by atoms with Crippen molar-refractivity contribution in [2.75, 3.05) is 13.1 Å². The van der Waals surface area contributed by atoms with Crippen LogP contribution in [-0.4, -0.2) is 42.1 Å². The van der Waals surface area contributed by atoms with Crippen LogP contribution in [0.3, 0.4) is 0 Å². The molecule has 1 fully saturated rings. The van der Waals surface area contributed by atoms with E-state index in [4.69, 9.17) is 16.9 Å². The van der Waals surface area contributed by atoms with Gasteiger partial charge in [0.1, 0.15) is 0 Å². The van der Waals surface area contributed by atoms with E-state index >= 15 is 0 Å². The molecule has 4 nitrogen and oxygen atoms in total. The summed E-state index contributed by atoms with van der Waals surface area (Å²) in [5, 5.41) is 0. The van der Waals surface area contributed by atoms with Crippen molar-refractivity contribution < 1.29 is 9.53 Å². The minimum atomic E-state index is -0.576. The van der Waals surface area contributed by atoms with Gasteiger partial charge in [0.15, 0.2) is 0 Å². The second-order valence-electron chi connectivity index (χ2n) is 4.02. The van der Waals surface area contributed by atoms with Crippen LogP contribution in [-0.2, 0) is 9.53 Å². The number of hydrogen-bond acceptors (Lipinski definition) is 3. The van der Waals surface area contributed by atoms with Crippen molar-refractivity contribution in [3.05, 3.63) is 0 Å². The fraction of sp³-hybridized carbons (Fsp3) is 0.727. The Labute approximate surface area is 90.8 Å². The molecule has 15 heavy (non-hydrogen) atoms. The van der Waals surface area contributed by atoms with Crippen molar-refractivity contribution >= 4 is 5.91 Å². The SMILES string of the molecule is C#CCC(N)C(=O)N1CC(C)OC(C)C1. The Morgan fingerprint density at radius 2 is 2.13 bits per heavy atom. The van der Waals surface area contributed by atoms with E-state index in [0.29, 0.717) is 19.5 Å². The number of carbonyl (C=O) groups excluding carboxylic acids is 1. The summed E-state index contributed by atoms with van der Waals surface area (Å²) in [6, 6.07) is -0.576. The van der Waals surface area contributed by atoms with Crippen LogP contribution in [0.25, 0.3) is 0 Å². The number of hydrogen-bond donors (Lipinski definition) is 1. The Kier molecular flexibility index (Phi) is 4.13. The van der Waals surface area contributed by atoms with Crippen molar-refractivity contribution in [1.29, 1.82) is 0 Å². The maximum Gasteiger partial charge on any atom is 0.240 e. The van der Waals surface area contributed by atoms with Gasteiger partial charge in [-0.2, -0.15) is 0 Å². The van der Waals surface area contributed by atoms with Gasteiger partial charge in [-0.3, -0.25) is 4.79 Å². The predicted molar refractivity (Wildman–Crippen MR) is 58.0 cm³/mol. The lowest BCUT2D eigenvalue weighted by Gasteiger charge is -2.36. The smallest absolute Gasteiger partial charge is 0.240 e. The van der Waals surface area contributed by atoms with Crippen LogP contribution < -0.4 is 5.73 Å². The standard InChI is InChI=1S/C11H18N2O2/c1-4-5-10(12)11(14)13-6-8(2)15-9(3)7-13/h1,8-10H,5-7,12H2,2-3H3. The van der Waals surface area contributed by atoms with Gasteiger partial charge in [-0.05, 0) is 13.8 Å². The Morgan fingerprint density at radius 1 is 1.60 bits per heavy atom. The van der Waals surface area contributed by atoms with E-state index in [1.54, 1.807) is 4.90 Å². The van der Waals surface area contributed by atoms with Crippen molar-refractivity contribution in [3.8, 4) is 12.3 Å². The Morgan fingerprint density at radius 3 is 2.60 bits per heavy atom. The van der Waals surface area contributed by atoms with E-state index < -0.39 is 6.04 Å². The van der Waals surface area contributed by atoms with Crippen molar-refractivity contribution in [2.24, 2.45) is 5.73 Å². The molecule has 0 aliphatic carbocycles. The molecule has 1 saturated heterocycles. The first-order chi connectivity index (χ1) is 7.04. The molecule has 1 rings (SSSR count). The average molecular weight is 210 g/mol. The third-order valence-corrected chi connectivity index (χ3v) is 2.39. The molecule has 1 heterocycles. The second kappa shape index (κ2) is 5.15. The zero-order valence-corrected chi connectivity index (χ0v) is 9.27. The van der Waals surface area contributed by atoms with Gasteiger partial charge in [0.25, 0.3) is 0 Å². The van der Waals surface area contributed by atoms with E-state index in [9.17, 15) is 4.79 Å². The molecule has 3 atom stereocenters. The molecule has 1 aliphatic heterocycles. The van der Waals surface area contributed by atoms with Gasteiger partial charge in [-0.25, -0.2) is 0 Å². The summed E-state index contributed by atoms with van der Waals surface area (Å²) >= 11 is 0. The van der Waals surface area contributed by atoms with Crippen LogP contribution in [0.15, 0.2) is 0 Å². The Bertz CT molecular complexity index is 262. The minimum absolute atomic E-state index is 0.0655. The third-order valence-electron chi connectivity index (χ3n) is 2.39. The first kappa shape index (κ1) is 12.0. The van der Waals surface area contributed by atoms with E-state index in [1.807, 2.05) is 13.8 Å². The first-order valence-corrected chi connectivity index (χ1v) is 5.18. The molecule has 4 heteroatoms. The number of terminal acetylenes is 1. The molecule has 0 aromatic heterocycles. The Balaban J connectivity index is 2.55. The fourth-order valence-corrected chi connectivity index (χ4v) is 1.81. The molecule has 0 bridgehead atoms. The molecule has 3 unspecified atom stereocenters. The van der Waals surface area contributed by atoms with Crippen LogP contribution in [0.2, 0.25) is 0 Å². The zero-order valence-electron chi connectivity index (χ0n) is 9.27. The fourth-order valence-electron chi connectivity index (χ4n) is 1.81. The first-order valence-electron chi connectivity index (χ1n) is 5.18. The molecule has 0 aromatic rings. The highest BCUT2D eigenvalue weighted by molar-refractivity contribution is 5.82. The summed E-state index contributed by atoms with van der Waals surface area (Å²) in [5.74, 6) is 2.33. The largest absolute Gasteiger partial charge is 0.372 e. The number of amides is 1. The maximum absolute atomic E-state index is 11.8. The van der Waals surface area contributed by atoms with E-state index in [0.717, 1.165) is 0 Å². The monoisotopic (exact) mass is 210 g/mol. The zero-order chi connectivity index (χ0) is 11.4. The second-order valence-corrected chi connectivity index (χ2v) is 4.02. The number of carbonyl (C=O) groups is 1. The molecule has 1 aliphatic rings. The molecule has 0 saturated carbocycles. The molecular weight excluding hydrogens is 192 g/mol. The highest BCUT2D eigenvalue weighted by Crippen LogP contribution is 2.11. The topological polar surface area (TPSA) is 55.6 Å². The quantitative estimate of drug-likeness (QED) is 0.651. The summed E-state index contributed by atoms with van der Waals surface area (Å²) in [5.41, 5.74) is 5.67. The van der Waals surface area contributed by atoms with Crippen LogP contribution >= 0.6 is 0 Å². The lowest BCUT2D eigenvalue weighted by atomic mass is 10.1. The average Bonchev–Trinajstić information content (AvgIpc) is 2.15. The minimum Gasteiger partial charge on any atom is -0.372 e. The van der Waals surface area contributed by atoms with Gasteiger partial charge in [0.2, 0.25) is 5.91 Å². The van der Waals surface area contributed by atoms with Crippen LogP contribution in [0.4, 0.5) is 0 Å². The molecule has 84 valence electrons. The summed E-state index contributed by atoms with van der Waals surface area (Å²) in [7, 11) is 0. The molecule has 2 N–H and O–H groups in total. The maximum atomic E-state index is 11.8. The van der Waals surface area contributed by atoms with Crippen molar-refractivity contribution in [1.82, 2.24) is 4.90 Å². The van der Waals surface area contributed by atoms with E-state index in [2.05, 4.69) is 5.92 Å². The molecule has 0 radical (unpaired) electrons. The van der Waals surface area contributed by atoms with Crippen molar-refractivity contribution in [3.63, 3.8) is 0 Å². The Hall–Kier alpha value is -1.05. The van der Waals surface area contributed by atoms with E-state index in [1.165, 1.54) is 0 Å². The van der Waals surface area contributed by atoms with Gasteiger partial charge in [0, 0.05) is 19.5 Å². The third kappa shape index (κ3) is 3.22. The summed E-state index contributed by atoms with van der Waals surface area (Å²) in [6.45, 7) is 5.09. The number of ether oxygens (including phenoxy) is 1. The molecule has 0 aromatic carbocycles. The summed E-state index contributed by atoms with van der Waals surface area (Å²) < 4.78 is 5.53. The highest BCUT2D eigenvalue weighted by Gasteiger charge is 2.28. The van der Waals surface area contributed by atoms with Crippen LogP contribution in [0, 0.1) is 12.3 Å². The molecule has 1 amide bonds. The van der Waals surface area contributed by atoms with E-state index in [-0.39, 0.29) is 18.1 Å². The van der Waals surface area contributed by atoms with Crippen LogP contribution in [0.5, 0.6) is 0 Å². The van der Waals surface area contributed by atoms with Crippen LogP contribution in [0.1, 0.15) is 20.3 Å². The van der Waals surface area contributed by atoms with Crippen molar-refractivity contribution in [2.45, 2.75) is 38.5 Å². The number of morpholine rings is 1. The van der Waals surface area contributed by atoms with Gasteiger partial charge in [0.05, 0.1) is 18.2 Å². The number of nitrogens with zero attached hydrogens (tertiary/aromatic N) is 1. The normalized spacial score (nSPS) is 28.3. The lowest BCUT2D eigenvalue weighted by Crippen LogP contribution is -2.53. The predicted octanol–water partition coefficient (Wildman–Crippen LogP) is -0.0272. The molecular formula is C11H18N2O2.